The van der Waals surface area contributed by atoms with Crippen molar-refractivity contribution in [2.45, 2.75) is 49.3 Å². The van der Waals surface area contributed by atoms with Crippen molar-refractivity contribution >= 4 is 54.6 Å². The number of piperidine rings is 1. The van der Waals surface area contributed by atoms with Gasteiger partial charge in [0.05, 0.1) is 15.5 Å². The molecular weight excluding hydrogens is 628 g/mol. The number of nitro groups is 1. The average molecular weight is 661 g/mol. The van der Waals surface area contributed by atoms with Gasteiger partial charge in [0, 0.05) is 52.6 Å². The molecule has 0 spiro atoms. The van der Waals surface area contributed by atoms with Gasteiger partial charge in [-0.25, -0.2) is 8.42 Å². The number of benzene rings is 3. The normalized spacial score (nSPS) is 16.1. The highest BCUT2D eigenvalue weighted by Gasteiger charge is 2.31. The van der Waals surface area contributed by atoms with Gasteiger partial charge in [-0.2, -0.15) is 4.31 Å². The number of halogens is 1. The summed E-state index contributed by atoms with van der Waals surface area (Å²) in [5, 5.41) is 14.0. The van der Waals surface area contributed by atoms with Crippen LogP contribution in [0.3, 0.4) is 0 Å². The van der Waals surface area contributed by atoms with Gasteiger partial charge in [-0.3, -0.25) is 15.1 Å². The molecule has 0 amide bonds. The summed E-state index contributed by atoms with van der Waals surface area (Å²) < 4.78 is 32.7. The summed E-state index contributed by atoms with van der Waals surface area (Å²) in [6.45, 7) is 4.51. The Balaban J connectivity index is 1.26. The Bertz CT molecular complexity index is 1980. The zero-order valence-electron chi connectivity index (χ0n) is 25.0. The molecule has 1 aromatic heterocycles. The minimum Gasteiger partial charge on any atom is -0.332 e. The van der Waals surface area contributed by atoms with Crippen LogP contribution in [0.5, 0.6) is 0 Å². The molecule has 0 bridgehead atoms. The summed E-state index contributed by atoms with van der Waals surface area (Å²) in [6, 6.07) is 21.7. The first-order valence-electron chi connectivity index (χ1n) is 14.8. The first-order chi connectivity index (χ1) is 21.7. The monoisotopic (exact) mass is 660 g/mol. The largest absolute Gasteiger partial charge is 0.332 e. The second-order valence-electron chi connectivity index (χ2n) is 11.1. The van der Waals surface area contributed by atoms with Crippen molar-refractivity contribution < 1.29 is 13.3 Å². The van der Waals surface area contributed by atoms with Gasteiger partial charge in [-0.1, -0.05) is 52.1 Å². The van der Waals surface area contributed by atoms with Crippen LogP contribution in [0, 0.1) is 17.0 Å². The van der Waals surface area contributed by atoms with E-state index in [1.165, 1.54) is 22.8 Å². The van der Waals surface area contributed by atoms with Crippen molar-refractivity contribution in [3.8, 4) is 0 Å². The third kappa shape index (κ3) is 6.33. The number of hydrogen-bond acceptors (Lipinski definition) is 6. The molecule has 1 N–H and O–H groups in total. The Kier molecular flexibility index (Phi) is 8.92. The highest BCUT2D eigenvalue weighted by atomic mass is 35.5. The van der Waals surface area contributed by atoms with Crippen LogP contribution in [-0.2, 0) is 22.9 Å². The summed E-state index contributed by atoms with van der Waals surface area (Å²) in [5.74, 6) is 0. The molecule has 1 aliphatic heterocycles. The van der Waals surface area contributed by atoms with E-state index in [-0.39, 0.29) is 10.6 Å². The number of fused-ring (bicyclic) bond motifs is 2. The molecule has 1 fully saturated rings. The molecule has 0 radical (unpaired) electrons. The van der Waals surface area contributed by atoms with Crippen molar-refractivity contribution in [1.82, 2.24) is 9.29 Å². The Morgan fingerprint density at radius 2 is 1.76 bits per heavy atom. The first kappa shape index (κ1) is 31.2. The molecule has 45 heavy (non-hydrogen) atoms. The minimum absolute atomic E-state index is 0.0166. The summed E-state index contributed by atoms with van der Waals surface area (Å²) in [7, 11) is -4.44. The molecule has 8 nitrogen and oxygen atoms in total. The van der Waals surface area contributed by atoms with Crippen LogP contribution in [0.2, 0.25) is 5.02 Å². The Labute approximate surface area is 271 Å². The standard InChI is InChI=1S/C34H33ClN4O4S2/c1-3-44(32-22-29(39(40)41)13-9-23(32)2)37-28-7-4-8-30(21-28)45(42,43)38-18-15-24(16-19-38)33-31-14-12-27(35)20-26(31)11-10-25-6-5-17-36-34(25)33/h3-9,12-14,17,20-22,37H,10-11,15-16,18-19H2,1-2H3. The van der Waals surface area contributed by atoms with Crippen LogP contribution < -0.4 is 4.72 Å². The molecule has 3 aromatic carbocycles. The van der Waals surface area contributed by atoms with Crippen LogP contribution in [-0.4, -0.2) is 41.1 Å². The number of nitrogens with zero attached hydrogens (tertiary/aromatic N) is 3. The van der Waals surface area contributed by atoms with Crippen molar-refractivity contribution in [1.29, 1.82) is 0 Å². The quantitative estimate of drug-likeness (QED) is 0.128. The SMILES string of the molecule is C/C=S(/Nc1cccc(S(=O)(=O)N2CCC(=C3c4ccc(Cl)cc4CCc4cccnc43)CC2)c1)c1cc([N+](=O)[O-])ccc1C. The first-order valence-corrected chi connectivity index (χ1v) is 17.9. The Hall–Kier alpha value is -3.83. The topological polar surface area (TPSA) is 105 Å². The lowest BCUT2D eigenvalue weighted by molar-refractivity contribution is -0.385. The number of aromatic nitrogens is 1. The fourth-order valence-corrected chi connectivity index (χ4v) is 9.26. The van der Waals surface area contributed by atoms with E-state index in [1.54, 1.807) is 34.6 Å². The number of sulfonamides is 1. The van der Waals surface area contributed by atoms with Gasteiger partial charge in [0.2, 0.25) is 10.0 Å². The molecular formula is C34H33ClN4O4S2. The minimum atomic E-state index is -3.76. The summed E-state index contributed by atoms with van der Waals surface area (Å²) >= 11 is 6.37. The van der Waals surface area contributed by atoms with E-state index in [2.05, 4.69) is 16.9 Å². The van der Waals surface area contributed by atoms with Gasteiger partial charge in [0.1, 0.15) is 0 Å². The molecule has 2 aliphatic rings. The average Bonchev–Trinajstić information content (AvgIpc) is 3.20. The summed E-state index contributed by atoms with van der Waals surface area (Å²) in [6.07, 6.45) is 4.77. The number of aryl methyl sites for hydroxylation is 3. The lowest BCUT2D eigenvalue weighted by Crippen LogP contribution is -2.36. The van der Waals surface area contributed by atoms with Gasteiger partial charge < -0.3 is 4.72 Å². The van der Waals surface area contributed by atoms with Gasteiger partial charge >= 0.3 is 0 Å². The molecule has 6 rings (SSSR count). The predicted molar refractivity (Wildman–Crippen MR) is 183 cm³/mol. The highest BCUT2D eigenvalue weighted by Crippen LogP contribution is 2.39. The van der Waals surface area contributed by atoms with Crippen LogP contribution in [0.25, 0.3) is 5.57 Å². The van der Waals surface area contributed by atoms with Gasteiger partial charge in [-0.15, -0.1) is 0 Å². The van der Waals surface area contributed by atoms with Crippen molar-refractivity contribution in [2.24, 2.45) is 0 Å². The Morgan fingerprint density at radius 1 is 0.978 bits per heavy atom. The van der Waals surface area contributed by atoms with E-state index in [0.29, 0.717) is 36.6 Å². The van der Waals surface area contributed by atoms with Crippen LogP contribution >= 0.6 is 22.3 Å². The number of nitro benzene ring substituents is 1. The molecule has 1 atom stereocenters. The number of nitrogens with one attached hydrogen (secondary N) is 1. The van der Waals surface area contributed by atoms with E-state index < -0.39 is 25.6 Å². The highest BCUT2D eigenvalue weighted by molar-refractivity contribution is 8.16. The maximum Gasteiger partial charge on any atom is 0.270 e. The van der Waals surface area contributed by atoms with Gasteiger partial charge in [0.15, 0.2) is 0 Å². The number of anilines is 1. The van der Waals surface area contributed by atoms with E-state index in [1.807, 2.05) is 49.7 Å². The van der Waals surface area contributed by atoms with Gasteiger partial charge in [0.25, 0.3) is 5.69 Å². The fraction of sp³-hybridized carbons (Fsp3) is 0.235. The lowest BCUT2D eigenvalue weighted by Gasteiger charge is -2.30. The summed E-state index contributed by atoms with van der Waals surface area (Å²) in [4.78, 5) is 16.8. The van der Waals surface area contributed by atoms with E-state index >= 15 is 0 Å². The third-order valence-electron chi connectivity index (χ3n) is 8.36. The van der Waals surface area contributed by atoms with Crippen molar-refractivity contribution in [3.63, 3.8) is 0 Å². The zero-order chi connectivity index (χ0) is 31.7. The van der Waals surface area contributed by atoms with E-state index in [9.17, 15) is 18.5 Å². The second-order valence-corrected chi connectivity index (χ2v) is 15.3. The smallest absolute Gasteiger partial charge is 0.270 e. The van der Waals surface area contributed by atoms with Gasteiger partial charge in [-0.05, 0) is 104 Å². The lowest BCUT2D eigenvalue weighted by atomic mass is 9.89. The fourth-order valence-electron chi connectivity index (χ4n) is 6.06. The van der Waals surface area contributed by atoms with E-state index in [4.69, 9.17) is 16.6 Å². The molecule has 1 aliphatic carbocycles. The molecule has 2 heterocycles. The van der Waals surface area contributed by atoms with Crippen LogP contribution in [0.1, 0.15) is 47.7 Å². The Morgan fingerprint density at radius 3 is 2.51 bits per heavy atom. The third-order valence-corrected chi connectivity index (χ3v) is 12.3. The van der Waals surface area contributed by atoms with Crippen molar-refractivity contribution in [2.75, 3.05) is 17.8 Å². The maximum atomic E-state index is 13.9. The van der Waals surface area contributed by atoms with E-state index in [0.717, 1.165) is 40.1 Å². The number of rotatable bonds is 6. The molecule has 11 heteroatoms. The predicted octanol–water partition coefficient (Wildman–Crippen LogP) is 7.81. The molecule has 0 saturated carbocycles. The molecule has 4 aromatic rings. The number of non-ortho nitro benzene ring substituents is 1. The van der Waals surface area contributed by atoms with Crippen LogP contribution in [0.15, 0.2) is 94.4 Å². The summed E-state index contributed by atoms with van der Waals surface area (Å²) in [5.41, 5.74) is 8.35. The second kappa shape index (κ2) is 12.9. The zero-order valence-corrected chi connectivity index (χ0v) is 27.4. The number of pyridine rings is 1. The molecule has 1 saturated heterocycles. The molecule has 1 unspecified atom stereocenters. The van der Waals surface area contributed by atoms with Crippen LogP contribution in [0.4, 0.5) is 11.4 Å². The van der Waals surface area contributed by atoms with Crippen molar-refractivity contribution in [3.05, 3.63) is 128 Å². The maximum absolute atomic E-state index is 13.9. The molecule has 232 valence electrons. The number of hydrogen-bond donors (Lipinski definition) is 1.